The zero-order valence-electron chi connectivity index (χ0n) is 20.0. The summed E-state index contributed by atoms with van der Waals surface area (Å²) in [5.74, 6) is 1.20. The summed E-state index contributed by atoms with van der Waals surface area (Å²) in [6.45, 7) is 4.87. The van der Waals surface area contributed by atoms with E-state index >= 15 is 0 Å². The second kappa shape index (κ2) is 10.3. The number of nitrogens with zero attached hydrogens (tertiary/aromatic N) is 2. The molecule has 0 unspecified atom stereocenters. The molecular formula is C29H25N3O3S. The van der Waals surface area contributed by atoms with Crippen molar-refractivity contribution < 1.29 is 14.3 Å². The summed E-state index contributed by atoms with van der Waals surface area (Å²) in [5, 5.41) is 11.2. The Morgan fingerprint density at radius 3 is 2.58 bits per heavy atom. The fourth-order valence-corrected chi connectivity index (χ4v) is 4.94. The number of rotatable bonds is 7. The molecule has 0 fully saturated rings. The Bertz CT molecular complexity index is 1430. The number of ether oxygens (including phenoxy) is 2. The average molecular weight is 496 g/mol. The minimum atomic E-state index is -0.422. The van der Waals surface area contributed by atoms with Crippen LogP contribution < -0.4 is 9.47 Å². The topological polar surface area (TPSA) is 75.0 Å². The van der Waals surface area contributed by atoms with Gasteiger partial charge in [-0.05, 0) is 54.8 Å². The standard InChI is InChI=1S/C29H25N3O3S/c1-19-11-12-26(20(2)15-19)35-14-13-34-23-10-6-7-21(16-23)17-24-27(30)32-25(22-8-4-3-5-9-22)18-36-29(32)31-28(24)33/h3-12,15-18,30H,13-14H2,1-2H3. The number of amides is 1. The number of carbonyl (C=O) groups is 1. The molecule has 5 rings (SSSR count). The van der Waals surface area contributed by atoms with Crippen LogP contribution in [0.5, 0.6) is 11.5 Å². The van der Waals surface area contributed by atoms with E-state index in [9.17, 15) is 4.79 Å². The molecule has 6 nitrogen and oxygen atoms in total. The van der Waals surface area contributed by atoms with Gasteiger partial charge in [-0.1, -0.05) is 71.9 Å². The first-order valence-electron chi connectivity index (χ1n) is 11.6. The molecule has 180 valence electrons. The molecule has 2 aliphatic rings. The maximum Gasteiger partial charge on any atom is 0.283 e. The van der Waals surface area contributed by atoms with Crippen LogP contribution in [-0.4, -0.2) is 35.0 Å². The van der Waals surface area contributed by atoms with Gasteiger partial charge in [0, 0.05) is 5.41 Å². The quantitative estimate of drug-likeness (QED) is 0.318. The Morgan fingerprint density at radius 2 is 1.78 bits per heavy atom. The number of aliphatic imine (C=N–C) groups is 1. The SMILES string of the molecule is Cc1ccc(OCCOc2cccc(C=C3C(=N)N4C(c5ccccc5)=CSC4=NC3=O)c2)c(C)c1. The van der Waals surface area contributed by atoms with Gasteiger partial charge in [0.15, 0.2) is 5.17 Å². The van der Waals surface area contributed by atoms with E-state index in [2.05, 4.69) is 18.0 Å². The smallest absolute Gasteiger partial charge is 0.283 e. The third kappa shape index (κ3) is 4.97. The minimum Gasteiger partial charge on any atom is -0.490 e. The highest BCUT2D eigenvalue weighted by Gasteiger charge is 2.36. The van der Waals surface area contributed by atoms with Crippen LogP contribution in [0.15, 0.2) is 88.8 Å². The number of hydrogen-bond acceptors (Lipinski definition) is 5. The van der Waals surface area contributed by atoms with Crippen molar-refractivity contribution >= 4 is 40.4 Å². The molecule has 2 heterocycles. The van der Waals surface area contributed by atoms with Crippen molar-refractivity contribution in [3.05, 3.63) is 106 Å². The molecule has 0 saturated carbocycles. The van der Waals surface area contributed by atoms with Gasteiger partial charge >= 0.3 is 0 Å². The van der Waals surface area contributed by atoms with Crippen molar-refractivity contribution in [2.75, 3.05) is 13.2 Å². The summed E-state index contributed by atoms with van der Waals surface area (Å²) in [4.78, 5) is 18.7. The van der Waals surface area contributed by atoms with Gasteiger partial charge in [-0.2, -0.15) is 4.99 Å². The highest BCUT2D eigenvalue weighted by atomic mass is 32.2. The summed E-state index contributed by atoms with van der Waals surface area (Å²) in [6.07, 6.45) is 1.69. The summed E-state index contributed by atoms with van der Waals surface area (Å²) in [7, 11) is 0. The second-order valence-electron chi connectivity index (χ2n) is 8.47. The van der Waals surface area contributed by atoms with Crippen molar-refractivity contribution in [1.82, 2.24) is 4.90 Å². The fourth-order valence-electron chi connectivity index (χ4n) is 4.05. The molecule has 0 radical (unpaired) electrons. The third-order valence-corrected chi connectivity index (χ3v) is 6.62. The normalized spacial score (nSPS) is 16.1. The lowest BCUT2D eigenvalue weighted by Crippen LogP contribution is -2.38. The maximum absolute atomic E-state index is 12.8. The number of fused-ring (bicyclic) bond motifs is 1. The fraction of sp³-hybridized carbons (Fsp3) is 0.138. The van der Waals surface area contributed by atoms with Crippen LogP contribution in [0.4, 0.5) is 0 Å². The molecule has 3 aromatic carbocycles. The summed E-state index contributed by atoms with van der Waals surface area (Å²) in [6, 6.07) is 23.3. The van der Waals surface area contributed by atoms with Crippen molar-refractivity contribution in [2.24, 2.45) is 4.99 Å². The first-order valence-corrected chi connectivity index (χ1v) is 12.5. The van der Waals surface area contributed by atoms with Gasteiger partial charge in [-0.15, -0.1) is 0 Å². The minimum absolute atomic E-state index is 0.110. The zero-order chi connectivity index (χ0) is 25.1. The molecule has 0 atom stereocenters. The van der Waals surface area contributed by atoms with E-state index in [0.29, 0.717) is 24.1 Å². The van der Waals surface area contributed by atoms with E-state index in [-0.39, 0.29) is 11.4 Å². The predicted octanol–water partition coefficient (Wildman–Crippen LogP) is 6.07. The molecule has 0 aromatic heterocycles. The van der Waals surface area contributed by atoms with Gasteiger partial charge in [-0.3, -0.25) is 15.1 Å². The molecule has 0 bridgehead atoms. The number of nitrogens with one attached hydrogen (secondary N) is 1. The number of aryl methyl sites for hydroxylation is 2. The Labute approximate surface area is 214 Å². The van der Waals surface area contributed by atoms with Crippen molar-refractivity contribution in [1.29, 1.82) is 5.41 Å². The number of thioether (sulfide) groups is 1. The van der Waals surface area contributed by atoms with Crippen molar-refractivity contribution in [2.45, 2.75) is 13.8 Å². The Hall–Kier alpha value is -4.10. The van der Waals surface area contributed by atoms with Gasteiger partial charge in [0.2, 0.25) is 0 Å². The lowest BCUT2D eigenvalue weighted by Gasteiger charge is -2.26. The van der Waals surface area contributed by atoms with E-state index in [1.807, 2.05) is 79.1 Å². The molecule has 36 heavy (non-hydrogen) atoms. The molecule has 7 heteroatoms. The number of amidine groups is 2. The summed E-state index contributed by atoms with van der Waals surface area (Å²) < 4.78 is 11.7. The highest BCUT2D eigenvalue weighted by molar-refractivity contribution is 8.17. The second-order valence-corrected chi connectivity index (χ2v) is 9.30. The van der Waals surface area contributed by atoms with E-state index in [1.54, 1.807) is 11.0 Å². The van der Waals surface area contributed by atoms with E-state index in [4.69, 9.17) is 14.9 Å². The monoisotopic (exact) mass is 495 g/mol. The van der Waals surface area contributed by atoms with E-state index in [1.165, 1.54) is 17.3 Å². The van der Waals surface area contributed by atoms with Gasteiger partial charge < -0.3 is 9.47 Å². The predicted molar refractivity (Wildman–Crippen MR) is 145 cm³/mol. The highest BCUT2D eigenvalue weighted by Crippen LogP contribution is 2.37. The molecule has 3 aromatic rings. The molecular weight excluding hydrogens is 470 g/mol. The Morgan fingerprint density at radius 1 is 0.972 bits per heavy atom. The van der Waals surface area contributed by atoms with E-state index in [0.717, 1.165) is 28.1 Å². The van der Waals surface area contributed by atoms with Gasteiger partial charge in [0.05, 0.1) is 11.3 Å². The van der Waals surface area contributed by atoms with Crippen molar-refractivity contribution in [3.8, 4) is 11.5 Å². The lowest BCUT2D eigenvalue weighted by atomic mass is 10.1. The Kier molecular flexibility index (Phi) is 6.73. The van der Waals surface area contributed by atoms with Crippen LogP contribution in [0, 0.1) is 19.3 Å². The first kappa shape index (κ1) is 23.6. The summed E-state index contributed by atoms with van der Waals surface area (Å²) >= 11 is 1.35. The largest absolute Gasteiger partial charge is 0.490 e. The van der Waals surface area contributed by atoms with Crippen LogP contribution in [-0.2, 0) is 4.79 Å². The van der Waals surface area contributed by atoms with Gasteiger partial charge in [0.25, 0.3) is 5.91 Å². The summed E-state index contributed by atoms with van der Waals surface area (Å²) in [5.41, 5.74) is 5.08. The zero-order valence-corrected chi connectivity index (χ0v) is 20.8. The molecule has 0 saturated heterocycles. The van der Waals surface area contributed by atoms with Crippen LogP contribution in [0.1, 0.15) is 22.3 Å². The lowest BCUT2D eigenvalue weighted by molar-refractivity contribution is -0.114. The number of benzene rings is 3. The number of carbonyl (C=O) groups excluding carboxylic acids is 1. The van der Waals surface area contributed by atoms with Crippen LogP contribution in [0.25, 0.3) is 11.8 Å². The van der Waals surface area contributed by atoms with Crippen molar-refractivity contribution in [3.63, 3.8) is 0 Å². The molecule has 1 N–H and O–H groups in total. The molecule has 0 spiro atoms. The van der Waals surface area contributed by atoms with Gasteiger partial charge in [0.1, 0.15) is 30.5 Å². The first-order chi connectivity index (χ1) is 17.5. The van der Waals surface area contributed by atoms with Crippen LogP contribution >= 0.6 is 11.8 Å². The van der Waals surface area contributed by atoms with Crippen LogP contribution in [0.2, 0.25) is 0 Å². The molecule has 1 amide bonds. The van der Waals surface area contributed by atoms with Gasteiger partial charge in [-0.25, -0.2) is 0 Å². The Balaban J connectivity index is 1.28. The third-order valence-electron chi connectivity index (χ3n) is 5.79. The molecule has 2 aliphatic heterocycles. The van der Waals surface area contributed by atoms with E-state index < -0.39 is 5.91 Å². The maximum atomic E-state index is 12.8. The average Bonchev–Trinajstić information content (AvgIpc) is 3.30. The van der Waals surface area contributed by atoms with Crippen LogP contribution in [0.3, 0.4) is 0 Å². The molecule has 0 aliphatic carbocycles. The number of hydrogen-bond donors (Lipinski definition) is 1.